The van der Waals surface area contributed by atoms with Gasteiger partial charge in [0.2, 0.25) is 11.6 Å². The molecular formula is C14H12F3NO6. The lowest BCUT2D eigenvalue weighted by atomic mass is 9.98. The van der Waals surface area contributed by atoms with Crippen LogP contribution in [0, 0.1) is 34.5 Å². The van der Waals surface area contributed by atoms with Crippen LogP contribution in [-0.4, -0.2) is 30.4 Å². The van der Waals surface area contributed by atoms with E-state index in [4.69, 9.17) is 4.74 Å². The van der Waals surface area contributed by atoms with Gasteiger partial charge < -0.3 is 9.47 Å². The lowest BCUT2D eigenvalue weighted by molar-refractivity contribution is -0.388. The van der Waals surface area contributed by atoms with Crippen LogP contribution in [0.1, 0.15) is 22.8 Å². The topological polar surface area (TPSA) is 95.7 Å². The molecule has 1 aromatic rings. The van der Waals surface area contributed by atoms with Crippen LogP contribution in [0.4, 0.5) is 18.9 Å². The minimum absolute atomic E-state index is 0.00908. The summed E-state index contributed by atoms with van der Waals surface area (Å²) < 4.78 is 50.6. The van der Waals surface area contributed by atoms with Crippen LogP contribution in [0.5, 0.6) is 0 Å². The molecule has 130 valence electrons. The van der Waals surface area contributed by atoms with Crippen LogP contribution in [0.2, 0.25) is 0 Å². The molecule has 1 rings (SSSR count). The first-order valence-corrected chi connectivity index (χ1v) is 6.45. The number of nitro groups is 1. The number of rotatable bonds is 6. The van der Waals surface area contributed by atoms with Gasteiger partial charge >= 0.3 is 11.7 Å². The number of nitrogens with zero attached hydrogens (tertiary/aromatic N) is 1. The van der Waals surface area contributed by atoms with Crippen molar-refractivity contribution in [2.75, 3.05) is 13.7 Å². The van der Waals surface area contributed by atoms with E-state index >= 15 is 0 Å². The first-order chi connectivity index (χ1) is 11.2. The molecule has 0 fully saturated rings. The predicted octanol–water partition coefficient (Wildman–Crippen LogP) is 2.60. The molecule has 0 saturated carbocycles. The number of hydrogen-bond acceptors (Lipinski definition) is 6. The number of nitro benzene ring substituents is 1. The van der Waals surface area contributed by atoms with E-state index in [1.54, 1.807) is 0 Å². The molecule has 0 bridgehead atoms. The SMILES string of the molecule is CCOC=C(C(=O)OC)C(=O)c1c(F)c(C)c(F)c(F)c1[N+](=O)[O-]. The Balaban J connectivity index is 3.73. The third kappa shape index (κ3) is 3.36. The van der Waals surface area contributed by atoms with Crippen molar-refractivity contribution in [3.63, 3.8) is 0 Å². The van der Waals surface area contributed by atoms with E-state index in [9.17, 15) is 32.9 Å². The van der Waals surface area contributed by atoms with Gasteiger partial charge in [-0.05, 0) is 13.8 Å². The van der Waals surface area contributed by atoms with Gasteiger partial charge in [0.05, 0.1) is 18.6 Å². The molecule has 0 aliphatic heterocycles. The second kappa shape index (κ2) is 7.57. The average Bonchev–Trinajstić information content (AvgIpc) is 2.55. The fourth-order valence-electron chi connectivity index (χ4n) is 1.75. The molecule has 10 heteroatoms. The zero-order valence-corrected chi connectivity index (χ0v) is 12.8. The Morgan fingerprint density at radius 3 is 2.25 bits per heavy atom. The maximum atomic E-state index is 14.2. The number of carbonyl (C=O) groups excluding carboxylic acids is 2. The van der Waals surface area contributed by atoms with E-state index in [1.165, 1.54) is 6.92 Å². The summed E-state index contributed by atoms with van der Waals surface area (Å²) >= 11 is 0. The highest BCUT2D eigenvalue weighted by Crippen LogP contribution is 2.32. The predicted molar refractivity (Wildman–Crippen MR) is 73.8 cm³/mol. The minimum Gasteiger partial charge on any atom is -0.500 e. The Hall–Kier alpha value is -2.91. The first kappa shape index (κ1) is 19.1. The summed E-state index contributed by atoms with van der Waals surface area (Å²) in [6.07, 6.45) is 0.605. The fourth-order valence-corrected chi connectivity index (χ4v) is 1.75. The number of ether oxygens (including phenoxy) is 2. The number of Topliss-reactive ketones (excluding diaryl/α,β-unsaturated/α-hetero) is 1. The Kier molecular flexibility index (Phi) is 6.04. The van der Waals surface area contributed by atoms with Crippen LogP contribution in [0.25, 0.3) is 0 Å². The van der Waals surface area contributed by atoms with Gasteiger partial charge in [-0.25, -0.2) is 13.6 Å². The molecule has 0 saturated heterocycles. The first-order valence-electron chi connectivity index (χ1n) is 6.45. The number of hydrogen-bond donors (Lipinski definition) is 0. The van der Waals surface area contributed by atoms with Gasteiger partial charge in [-0.2, -0.15) is 4.39 Å². The molecule has 0 aliphatic carbocycles. The summed E-state index contributed by atoms with van der Waals surface area (Å²) in [5.74, 6) is -8.32. The molecule has 0 heterocycles. The van der Waals surface area contributed by atoms with Crippen LogP contribution in [0.3, 0.4) is 0 Å². The largest absolute Gasteiger partial charge is 0.500 e. The highest BCUT2D eigenvalue weighted by Gasteiger charge is 2.37. The number of benzene rings is 1. The lowest BCUT2D eigenvalue weighted by Crippen LogP contribution is -2.20. The van der Waals surface area contributed by atoms with Gasteiger partial charge in [-0.1, -0.05) is 0 Å². The molecule has 1 aromatic carbocycles. The average molecular weight is 347 g/mol. The van der Waals surface area contributed by atoms with Gasteiger partial charge in [-0.3, -0.25) is 14.9 Å². The van der Waals surface area contributed by atoms with Gasteiger partial charge in [0.15, 0.2) is 5.82 Å². The summed E-state index contributed by atoms with van der Waals surface area (Å²) in [4.78, 5) is 33.4. The van der Waals surface area contributed by atoms with Crippen molar-refractivity contribution in [2.45, 2.75) is 13.8 Å². The van der Waals surface area contributed by atoms with Crippen molar-refractivity contribution in [1.82, 2.24) is 0 Å². The minimum atomic E-state index is -2.01. The highest BCUT2D eigenvalue weighted by molar-refractivity contribution is 6.25. The quantitative estimate of drug-likeness (QED) is 0.0903. The smallest absolute Gasteiger partial charge is 0.345 e. The van der Waals surface area contributed by atoms with Gasteiger partial charge in [-0.15, -0.1) is 0 Å². The van der Waals surface area contributed by atoms with Crippen molar-refractivity contribution in [2.24, 2.45) is 0 Å². The number of halogens is 3. The zero-order chi connectivity index (χ0) is 18.6. The molecule has 0 spiro atoms. The maximum absolute atomic E-state index is 14.2. The summed E-state index contributed by atoms with van der Waals surface area (Å²) in [7, 11) is 0.899. The summed E-state index contributed by atoms with van der Waals surface area (Å²) in [6, 6.07) is 0. The van der Waals surface area contributed by atoms with Crippen molar-refractivity contribution in [1.29, 1.82) is 0 Å². The Bertz CT molecular complexity index is 745. The molecule has 0 radical (unpaired) electrons. The molecule has 0 aliphatic rings. The van der Waals surface area contributed by atoms with E-state index in [0.29, 0.717) is 6.26 Å². The Labute approximate surface area is 133 Å². The van der Waals surface area contributed by atoms with Crippen LogP contribution in [-0.2, 0) is 14.3 Å². The standard InChI is InChI=1S/C14H12F3NO6/c1-4-24-5-7(14(20)23-3)13(19)8-9(15)6(2)10(16)11(17)12(8)18(21)22/h5H,4H2,1-3H3. The van der Waals surface area contributed by atoms with E-state index in [2.05, 4.69) is 4.74 Å². The number of methoxy groups -OCH3 is 1. The van der Waals surface area contributed by atoms with Crippen molar-refractivity contribution in [3.8, 4) is 0 Å². The monoisotopic (exact) mass is 347 g/mol. The maximum Gasteiger partial charge on any atom is 0.345 e. The highest BCUT2D eigenvalue weighted by atomic mass is 19.2. The number of esters is 1. The Morgan fingerprint density at radius 1 is 1.21 bits per heavy atom. The van der Waals surface area contributed by atoms with E-state index in [0.717, 1.165) is 14.0 Å². The third-order valence-corrected chi connectivity index (χ3v) is 2.94. The third-order valence-electron chi connectivity index (χ3n) is 2.94. The van der Waals surface area contributed by atoms with Crippen LogP contribution >= 0.6 is 0 Å². The van der Waals surface area contributed by atoms with Crippen molar-refractivity contribution >= 4 is 17.4 Å². The molecule has 0 aromatic heterocycles. The molecule has 0 unspecified atom stereocenters. The zero-order valence-electron chi connectivity index (χ0n) is 12.8. The molecule has 0 N–H and O–H groups in total. The molecule has 0 amide bonds. The Morgan fingerprint density at radius 2 is 1.79 bits per heavy atom. The summed E-state index contributed by atoms with van der Waals surface area (Å²) in [6.45, 7) is 2.30. The lowest BCUT2D eigenvalue weighted by Gasteiger charge is -2.10. The van der Waals surface area contributed by atoms with E-state index in [1.807, 2.05) is 0 Å². The van der Waals surface area contributed by atoms with E-state index in [-0.39, 0.29) is 6.61 Å². The second-order valence-corrected chi connectivity index (χ2v) is 4.36. The molecular weight excluding hydrogens is 335 g/mol. The van der Waals surface area contributed by atoms with Gasteiger partial charge in [0.1, 0.15) is 23.2 Å². The molecule has 7 nitrogen and oxygen atoms in total. The van der Waals surface area contributed by atoms with Crippen LogP contribution in [0.15, 0.2) is 11.8 Å². The van der Waals surface area contributed by atoms with Crippen LogP contribution < -0.4 is 0 Å². The van der Waals surface area contributed by atoms with Crippen molar-refractivity contribution < 1.29 is 37.2 Å². The molecule has 24 heavy (non-hydrogen) atoms. The fraction of sp³-hybridized carbons (Fsp3) is 0.286. The van der Waals surface area contributed by atoms with Crippen molar-refractivity contribution in [3.05, 3.63) is 50.5 Å². The van der Waals surface area contributed by atoms with Gasteiger partial charge in [0, 0.05) is 5.56 Å². The summed E-state index contributed by atoms with van der Waals surface area (Å²) in [5, 5.41) is 11.0. The van der Waals surface area contributed by atoms with Gasteiger partial charge in [0.25, 0.3) is 0 Å². The normalized spacial score (nSPS) is 11.2. The molecule has 0 atom stereocenters. The second-order valence-electron chi connectivity index (χ2n) is 4.36. The number of carbonyl (C=O) groups is 2. The summed E-state index contributed by atoms with van der Waals surface area (Å²) in [5.41, 5.74) is -4.96. The number of ketones is 1. The van der Waals surface area contributed by atoms with E-state index < -0.39 is 56.5 Å².